The van der Waals surface area contributed by atoms with Crippen molar-refractivity contribution in [2.75, 3.05) is 21.3 Å². The molecule has 12 N–H and O–H groups in total. The van der Waals surface area contributed by atoms with Gasteiger partial charge in [0.2, 0.25) is 0 Å². The van der Waals surface area contributed by atoms with E-state index in [1.807, 2.05) is 93.3 Å². The highest BCUT2D eigenvalue weighted by atomic mass is 32.1. The number of hydroxylamine groups is 4. The van der Waals surface area contributed by atoms with Crippen molar-refractivity contribution in [1.82, 2.24) is 61.8 Å². The molecule has 0 aliphatic rings. The second-order valence-corrected chi connectivity index (χ2v) is 25.7. The Kier molecular flexibility index (Phi) is 27.9. The Morgan fingerprint density at radius 3 is 0.875 bits per heavy atom. The molecule has 24 nitrogen and oxygen atoms in total. The molecule has 8 aromatic heterocycles. The summed E-state index contributed by atoms with van der Waals surface area (Å²) in [7, 11) is 0. The van der Waals surface area contributed by atoms with Gasteiger partial charge in [0, 0.05) is 134 Å². The maximum absolute atomic E-state index is 11.5. The normalized spacial score (nSPS) is 10.5. The lowest BCUT2D eigenvalue weighted by molar-refractivity contribution is 0.0702. The van der Waals surface area contributed by atoms with Crippen molar-refractivity contribution in [3.8, 4) is 45.6 Å². The fraction of sp³-hybridized carbons (Fsp3) is 0.158. The molecule has 0 unspecified atom stereocenters. The van der Waals surface area contributed by atoms with E-state index in [0.29, 0.717) is 64.2 Å². The van der Waals surface area contributed by atoms with Gasteiger partial charge in [-0.25, -0.2) is 61.8 Å². The summed E-state index contributed by atoms with van der Waals surface area (Å²) in [5.74, 6) is 3.52. The number of amides is 4. The smallest absolute Gasteiger partial charge is 0.274 e. The van der Waals surface area contributed by atoms with Crippen LogP contribution in [0, 0.1) is 13.8 Å². The summed E-state index contributed by atoms with van der Waals surface area (Å²) < 4.78 is 0. The van der Waals surface area contributed by atoms with E-state index in [0.717, 1.165) is 133 Å². The molecular weight excluding hydrogens is 1390 g/mol. The van der Waals surface area contributed by atoms with Crippen LogP contribution in [0.1, 0.15) is 114 Å². The van der Waals surface area contributed by atoms with Crippen molar-refractivity contribution in [2.45, 2.75) is 80.1 Å². The lowest BCUT2D eigenvalue weighted by Gasteiger charge is -2.15. The number of allylic oxidation sites excluding steroid dienone is 2. The number of benzene rings is 4. The number of aryl methyl sites for hydroxylation is 4. The minimum atomic E-state index is -0.554. The van der Waals surface area contributed by atoms with Gasteiger partial charge in [-0.2, -0.15) is 45.3 Å². The van der Waals surface area contributed by atoms with Crippen molar-refractivity contribution >= 4 is 115 Å². The molecule has 0 radical (unpaired) electrons. The predicted octanol–water partition coefficient (Wildman–Crippen LogP) is 16.6. The molecule has 0 atom stereocenters. The average Bonchev–Trinajstić information content (AvgIpc) is 1.28. The summed E-state index contributed by atoms with van der Waals surface area (Å²) in [4.78, 5) is 83.2. The van der Waals surface area contributed by atoms with Crippen LogP contribution in [0.15, 0.2) is 190 Å². The minimum absolute atomic E-state index is 0.363. The largest absolute Gasteiger partial charge is 0.340 e. The number of anilines is 8. The maximum atomic E-state index is 11.5. The number of rotatable bonds is 24. The number of nitrogens with one attached hydrogen (secondary N) is 8. The van der Waals surface area contributed by atoms with Gasteiger partial charge in [-0.3, -0.25) is 40.0 Å². The first-order chi connectivity index (χ1) is 50.5. The second-order valence-electron chi connectivity index (χ2n) is 22.6. The molecule has 12 aromatic rings. The first kappa shape index (κ1) is 76.6. The van der Waals surface area contributed by atoms with E-state index in [9.17, 15) is 19.2 Å². The first-order valence-corrected chi connectivity index (χ1v) is 36.5. The number of carbonyl (C=O) groups is 4. The number of nitrogens with zero attached hydrogens (tertiary/aromatic N) is 8. The van der Waals surface area contributed by atoms with Gasteiger partial charge in [-0.1, -0.05) is 39.8 Å². The SMILES string of the molecule is C=CCc1c(C)nc(-c2ccsc2)nc1Nc1ccc(C(=O)NO)cc1.C=CCc1c(CC)nc(-c2ccsc2)nc1Nc1ccc(C(=O)NO)cc1.CCc1c(C)nc(-c2ccsc2)nc1Nc1ccc(C(=O)NO)cc1.CCc1nc(-c2ccsc2)nc(Nc2ccc(C(=O)NO)cc2)c1CC. The third kappa shape index (κ3) is 19.9. The molecule has 0 saturated carbocycles. The van der Waals surface area contributed by atoms with Gasteiger partial charge in [0.05, 0.1) is 0 Å². The van der Waals surface area contributed by atoms with Crippen LogP contribution in [0.4, 0.5) is 46.0 Å². The third-order valence-electron chi connectivity index (χ3n) is 15.9. The van der Waals surface area contributed by atoms with Crippen molar-refractivity contribution in [3.63, 3.8) is 0 Å². The summed E-state index contributed by atoms with van der Waals surface area (Å²) in [6, 6.07) is 35.2. The van der Waals surface area contributed by atoms with Crippen LogP contribution in [0.25, 0.3) is 45.6 Å². The van der Waals surface area contributed by atoms with Gasteiger partial charge in [-0.15, -0.1) is 13.2 Å². The molecular formula is C76H76N16O8S4. The number of hydrogen-bond donors (Lipinski definition) is 12. The van der Waals surface area contributed by atoms with Crippen LogP contribution in [0.3, 0.4) is 0 Å². The minimum Gasteiger partial charge on any atom is -0.340 e. The highest BCUT2D eigenvalue weighted by Crippen LogP contribution is 2.33. The van der Waals surface area contributed by atoms with Crippen molar-refractivity contribution in [3.05, 3.63) is 257 Å². The highest BCUT2D eigenvalue weighted by molar-refractivity contribution is 7.09. The Labute approximate surface area is 616 Å². The van der Waals surface area contributed by atoms with E-state index >= 15 is 0 Å². The molecule has 8 heterocycles. The Hall–Kier alpha value is -11.6. The molecule has 0 bridgehead atoms. The van der Waals surface area contributed by atoms with Gasteiger partial charge >= 0.3 is 0 Å². The van der Waals surface area contributed by atoms with Crippen LogP contribution in [0.5, 0.6) is 0 Å². The van der Waals surface area contributed by atoms with Crippen LogP contribution < -0.4 is 43.2 Å². The van der Waals surface area contributed by atoms with E-state index in [-0.39, 0.29) is 0 Å². The number of thiophene rings is 4. The quantitative estimate of drug-likeness (QED) is 0.0152. The molecule has 0 saturated heterocycles. The number of aromatic nitrogens is 8. The van der Waals surface area contributed by atoms with Crippen molar-refractivity contribution in [1.29, 1.82) is 0 Å². The molecule has 0 fully saturated rings. The molecule has 12 rings (SSSR count). The van der Waals surface area contributed by atoms with Crippen molar-refractivity contribution in [2.24, 2.45) is 0 Å². The lowest BCUT2D eigenvalue weighted by Crippen LogP contribution is -2.18. The highest BCUT2D eigenvalue weighted by Gasteiger charge is 2.20. The average molecular weight is 1470 g/mol. The predicted molar refractivity (Wildman–Crippen MR) is 412 cm³/mol. The van der Waals surface area contributed by atoms with E-state index in [1.54, 1.807) is 164 Å². The molecule has 532 valence electrons. The summed E-state index contributed by atoms with van der Waals surface area (Å²) >= 11 is 6.42. The summed E-state index contributed by atoms with van der Waals surface area (Å²) in [6.07, 6.45) is 8.19. The molecule has 0 aliphatic carbocycles. The van der Waals surface area contributed by atoms with E-state index < -0.39 is 23.6 Å². The van der Waals surface area contributed by atoms with Crippen LogP contribution in [-0.4, -0.2) is 84.3 Å². The van der Waals surface area contributed by atoms with Gasteiger partial charge < -0.3 is 21.3 Å². The van der Waals surface area contributed by atoms with E-state index in [4.69, 9.17) is 40.8 Å². The Bertz CT molecular complexity index is 4850. The standard InChI is InChI=1S/C20H20N4O2S.C19H18N4O2S.C19H20N4O2S.C18H18N4O2S/c1-3-5-16-17(4-2)22-18(14-10-11-27-12-14)23-19(16)21-15-8-6-13(7-9-15)20(25)24-26;1-3-4-16-12(2)20-17(14-9-10-26-11-14)22-18(16)21-15-7-5-13(6-8-15)19(24)23-25;1-3-15-16(4-2)21-17(13-9-10-26-11-13)22-18(15)20-14-7-5-12(6-8-14)19(24)23-25;1-3-15-11(2)19-16(13-8-9-25-10-13)21-17(15)20-14-6-4-12(5-7-14)18(23)22-24/h3,6-12,26H,1,4-5H2,2H3,(H,24,25)(H,21,22,23);3,5-11,25H,1,4H2,2H3,(H,23,24)(H,20,21,22);5-11,25H,3-4H2,1-2H3,(H,23,24)(H,20,21,22);4-10,24H,3H2,1-2H3,(H,22,23)(H,19,20,21). The molecule has 0 spiro atoms. The Balaban J connectivity index is 0.000000161. The molecule has 28 heteroatoms. The molecule has 104 heavy (non-hydrogen) atoms. The zero-order chi connectivity index (χ0) is 74.1. The zero-order valence-electron chi connectivity index (χ0n) is 57.6. The Morgan fingerprint density at radius 2 is 0.606 bits per heavy atom. The van der Waals surface area contributed by atoms with Gasteiger partial charge in [0.15, 0.2) is 23.3 Å². The fourth-order valence-electron chi connectivity index (χ4n) is 10.5. The Morgan fingerprint density at radius 1 is 0.346 bits per heavy atom. The van der Waals surface area contributed by atoms with Gasteiger partial charge in [0.1, 0.15) is 23.3 Å². The van der Waals surface area contributed by atoms with E-state index in [1.165, 1.54) is 0 Å². The first-order valence-electron chi connectivity index (χ1n) is 32.7. The summed E-state index contributed by atoms with van der Waals surface area (Å²) in [5, 5.41) is 64.2. The van der Waals surface area contributed by atoms with Crippen LogP contribution in [0.2, 0.25) is 0 Å². The van der Waals surface area contributed by atoms with Crippen molar-refractivity contribution < 1.29 is 40.0 Å². The van der Waals surface area contributed by atoms with Crippen LogP contribution in [-0.2, 0) is 38.5 Å². The zero-order valence-corrected chi connectivity index (χ0v) is 60.9. The molecule has 4 amide bonds. The summed E-state index contributed by atoms with van der Waals surface area (Å²) in [5.41, 5.74) is 23.1. The lowest BCUT2D eigenvalue weighted by atomic mass is 10.1. The number of carbonyl (C=O) groups excluding carboxylic acids is 4. The van der Waals surface area contributed by atoms with Crippen LogP contribution >= 0.6 is 45.3 Å². The van der Waals surface area contributed by atoms with Gasteiger partial charge in [-0.05, 0) is 195 Å². The second kappa shape index (κ2) is 37.9. The fourth-order valence-corrected chi connectivity index (χ4v) is 13.0. The molecule has 4 aromatic carbocycles. The number of hydrogen-bond acceptors (Lipinski definition) is 24. The molecule has 0 aliphatic heterocycles. The maximum Gasteiger partial charge on any atom is 0.274 e. The van der Waals surface area contributed by atoms with E-state index in [2.05, 4.69) is 82.1 Å². The topological polar surface area (TPSA) is 349 Å². The van der Waals surface area contributed by atoms with Gasteiger partial charge in [0.25, 0.3) is 23.6 Å². The monoisotopic (exact) mass is 1470 g/mol. The third-order valence-corrected chi connectivity index (χ3v) is 18.6. The summed E-state index contributed by atoms with van der Waals surface area (Å²) in [6.45, 7) is 19.9.